The second-order valence-corrected chi connectivity index (χ2v) is 6.73. The summed E-state index contributed by atoms with van der Waals surface area (Å²) in [6.45, 7) is 0.181. The first-order valence-electron chi connectivity index (χ1n) is 4.74. The number of carboxylic acids is 1. The van der Waals surface area contributed by atoms with E-state index in [0.29, 0.717) is 10.2 Å². The molecule has 0 amide bonds. The molecule has 0 heterocycles. The highest BCUT2D eigenvalue weighted by Crippen LogP contribution is 2.20. The Bertz CT molecular complexity index is 527. The maximum atomic E-state index is 11.0. The molecule has 0 atom stereocenters. The van der Waals surface area contributed by atoms with Crippen molar-refractivity contribution in [2.24, 2.45) is 0 Å². The van der Waals surface area contributed by atoms with Gasteiger partial charge in [0.1, 0.15) is 9.84 Å². The summed E-state index contributed by atoms with van der Waals surface area (Å²) in [5, 5.41) is 11.8. The Kier molecular flexibility index (Phi) is 4.53. The molecule has 0 radical (unpaired) electrons. The van der Waals surface area contributed by atoms with Gasteiger partial charge in [-0.25, -0.2) is 13.2 Å². The van der Waals surface area contributed by atoms with Crippen LogP contribution in [0.2, 0.25) is 0 Å². The molecule has 0 unspecified atom stereocenters. The van der Waals surface area contributed by atoms with Crippen LogP contribution in [0.15, 0.2) is 22.7 Å². The monoisotopic (exact) mass is 321 g/mol. The lowest BCUT2D eigenvalue weighted by molar-refractivity contribution is 0.0698. The standard InChI is InChI=1S/C10H12BrNO4S/c1-17(15,16)5-4-12-9-3-2-7(11)6-8(9)10(13)14/h2-3,6,12H,4-5H2,1H3,(H,13,14). The zero-order valence-electron chi connectivity index (χ0n) is 9.10. The molecular formula is C10H12BrNO4S. The molecule has 0 saturated heterocycles. The minimum atomic E-state index is -3.05. The highest BCUT2D eigenvalue weighted by molar-refractivity contribution is 9.10. The van der Waals surface area contributed by atoms with Crippen LogP contribution in [0.4, 0.5) is 5.69 Å². The molecule has 17 heavy (non-hydrogen) atoms. The van der Waals surface area contributed by atoms with Crippen molar-refractivity contribution in [3.8, 4) is 0 Å². The molecule has 0 aliphatic heterocycles. The van der Waals surface area contributed by atoms with Crippen molar-refractivity contribution in [1.82, 2.24) is 0 Å². The third-order valence-electron chi connectivity index (χ3n) is 2.00. The van der Waals surface area contributed by atoms with E-state index in [1.807, 2.05) is 0 Å². The van der Waals surface area contributed by atoms with Crippen LogP contribution in [0.25, 0.3) is 0 Å². The first-order valence-corrected chi connectivity index (χ1v) is 7.59. The van der Waals surface area contributed by atoms with Crippen LogP contribution in [0, 0.1) is 0 Å². The van der Waals surface area contributed by atoms with E-state index < -0.39 is 15.8 Å². The maximum Gasteiger partial charge on any atom is 0.337 e. The fourth-order valence-electron chi connectivity index (χ4n) is 1.22. The van der Waals surface area contributed by atoms with Gasteiger partial charge in [0.05, 0.1) is 11.3 Å². The maximum absolute atomic E-state index is 11.0. The number of carboxylic acid groups (broad SMARTS) is 1. The lowest BCUT2D eigenvalue weighted by Crippen LogP contribution is -2.15. The van der Waals surface area contributed by atoms with Crippen molar-refractivity contribution in [3.05, 3.63) is 28.2 Å². The van der Waals surface area contributed by atoms with Crippen LogP contribution in [-0.4, -0.2) is 38.0 Å². The molecule has 0 saturated carbocycles. The predicted octanol–water partition coefficient (Wildman–Crippen LogP) is 1.60. The van der Waals surface area contributed by atoms with Gasteiger partial charge in [-0.15, -0.1) is 0 Å². The second kappa shape index (κ2) is 5.50. The Morgan fingerprint density at radius 1 is 1.47 bits per heavy atom. The Hall–Kier alpha value is -1.08. The van der Waals surface area contributed by atoms with Crippen molar-refractivity contribution in [3.63, 3.8) is 0 Å². The van der Waals surface area contributed by atoms with Gasteiger partial charge >= 0.3 is 5.97 Å². The first-order chi connectivity index (χ1) is 7.79. The zero-order chi connectivity index (χ0) is 13.1. The van der Waals surface area contributed by atoms with Crippen LogP contribution in [0.5, 0.6) is 0 Å². The topological polar surface area (TPSA) is 83.5 Å². The first kappa shape index (κ1) is 14.0. The number of carbonyl (C=O) groups is 1. The van der Waals surface area contributed by atoms with E-state index in [9.17, 15) is 13.2 Å². The van der Waals surface area contributed by atoms with E-state index in [1.54, 1.807) is 12.1 Å². The average Bonchev–Trinajstić information content (AvgIpc) is 2.18. The second-order valence-electron chi connectivity index (χ2n) is 3.55. The van der Waals surface area contributed by atoms with Gasteiger partial charge in [0, 0.05) is 23.0 Å². The van der Waals surface area contributed by atoms with E-state index in [4.69, 9.17) is 5.11 Å². The van der Waals surface area contributed by atoms with Crippen molar-refractivity contribution >= 4 is 37.4 Å². The Morgan fingerprint density at radius 3 is 2.65 bits per heavy atom. The molecule has 0 aliphatic carbocycles. The quantitative estimate of drug-likeness (QED) is 0.860. The van der Waals surface area contributed by atoms with Crippen LogP contribution >= 0.6 is 15.9 Å². The largest absolute Gasteiger partial charge is 0.478 e. The number of sulfone groups is 1. The van der Waals surface area contributed by atoms with Crippen LogP contribution in [0.3, 0.4) is 0 Å². The van der Waals surface area contributed by atoms with Crippen molar-refractivity contribution in [2.75, 3.05) is 23.9 Å². The number of hydrogen-bond donors (Lipinski definition) is 2. The Balaban J connectivity index is 2.81. The van der Waals surface area contributed by atoms with Gasteiger partial charge in [-0.3, -0.25) is 0 Å². The van der Waals surface area contributed by atoms with Gasteiger partial charge in [-0.2, -0.15) is 0 Å². The minimum absolute atomic E-state index is 0.0396. The molecule has 0 bridgehead atoms. The summed E-state index contributed by atoms with van der Waals surface area (Å²) >= 11 is 3.18. The predicted molar refractivity (Wildman–Crippen MR) is 69.3 cm³/mol. The van der Waals surface area contributed by atoms with Gasteiger partial charge in [0.15, 0.2) is 0 Å². The van der Waals surface area contributed by atoms with Crippen LogP contribution < -0.4 is 5.32 Å². The van der Waals surface area contributed by atoms with Crippen molar-refractivity contribution < 1.29 is 18.3 Å². The number of halogens is 1. The van der Waals surface area contributed by atoms with E-state index in [-0.39, 0.29) is 17.9 Å². The lowest BCUT2D eigenvalue weighted by atomic mass is 10.2. The molecule has 1 aromatic rings. The summed E-state index contributed by atoms with van der Waals surface area (Å²) < 4.78 is 22.5. The van der Waals surface area contributed by atoms with Crippen molar-refractivity contribution in [2.45, 2.75) is 0 Å². The Morgan fingerprint density at radius 2 is 2.12 bits per heavy atom. The lowest BCUT2D eigenvalue weighted by Gasteiger charge is -2.09. The third kappa shape index (κ3) is 4.74. The molecule has 7 heteroatoms. The summed E-state index contributed by atoms with van der Waals surface area (Å²) in [5.74, 6) is -1.10. The SMILES string of the molecule is CS(=O)(=O)CCNc1ccc(Br)cc1C(=O)O. The molecule has 94 valence electrons. The summed E-state index contributed by atoms with van der Waals surface area (Å²) in [6, 6.07) is 4.75. The number of benzene rings is 1. The highest BCUT2D eigenvalue weighted by atomic mass is 79.9. The van der Waals surface area contributed by atoms with E-state index in [0.717, 1.165) is 6.26 Å². The molecule has 0 aliphatic rings. The van der Waals surface area contributed by atoms with Gasteiger partial charge in [0.25, 0.3) is 0 Å². The molecular weight excluding hydrogens is 310 g/mol. The van der Waals surface area contributed by atoms with Gasteiger partial charge in [-0.1, -0.05) is 15.9 Å². The van der Waals surface area contributed by atoms with Gasteiger partial charge < -0.3 is 10.4 Å². The molecule has 1 rings (SSSR count). The smallest absolute Gasteiger partial charge is 0.337 e. The van der Waals surface area contributed by atoms with Crippen LogP contribution in [0.1, 0.15) is 10.4 Å². The third-order valence-corrected chi connectivity index (χ3v) is 3.44. The summed E-state index contributed by atoms with van der Waals surface area (Å²) in [5.41, 5.74) is 0.511. The van der Waals surface area contributed by atoms with Crippen LogP contribution in [-0.2, 0) is 9.84 Å². The zero-order valence-corrected chi connectivity index (χ0v) is 11.5. The number of rotatable bonds is 5. The number of anilines is 1. The Labute approximate surface area is 108 Å². The van der Waals surface area contributed by atoms with Gasteiger partial charge in [-0.05, 0) is 18.2 Å². The van der Waals surface area contributed by atoms with Gasteiger partial charge in [0.2, 0.25) is 0 Å². The molecule has 5 nitrogen and oxygen atoms in total. The molecule has 0 spiro atoms. The minimum Gasteiger partial charge on any atom is -0.478 e. The number of nitrogens with one attached hydrogen (secondary N) is 1. The summed E-state index contributed by atoms with van der Waals surface area (Å²) in [4.78, 5) is 11.0. The molecule has 2 N–H and O–H groups in total. The number of aromatic carboxylic acids is 1. The fraction of sp³-hybridized carbons (Fsp3) is 0.300. The fourth-order valence-corrected chi connectivity index (χ4v) is 2.05. The average molecular weight is 322 g/mol. The molecule has 0 aromatic heterocycles. The summed E-state index contributed by atoms with van der Waals surface area (Å²) in [6.07, 6.45) is 1.13. The molecule has 1 aromatic carbocycles. The highest BCUT2D eigenvalue weighted by Gasteiger charge is 2.10. The number of hydrogen-bond acceptors (Lipinski definition) is 4. The molecule has 0 fully saturated rings. The van der Waals surface area contributed by atoms with Crippen molar-refractivity contribution in [1.29, 1.82) is 0 Å². The van der Waals surface area contributed by atoms with E-state index in [1.165, 1.54) is 6.07 Å². The van der Waals surface area contributed by atoms with E-state index >= 15 is 0 Å². The normalized spacial score (nSPS) is 11.2. The summed E-state index contributed by atoms with van der Waals surface area (Å²) in [7, 11) is -3.05. The van der Waals surface area contributed by atoms with E-state index in [2.05, 4.69) is 21.2 Å².